The predicted octanol–water partition coefficient (Wildman–Crippen LogP) is 17.9. The van der Waals surface area contributed by atoms with E-state index in [-0.39, 0.29) is 43.1 Å². The number of benzene rings is 8. The minimum atomic E-state index is -0.338. The standard InChI is InChI=1S/C64H54N3O2S.Pt/c1-62(2,3)43-23-25-52(47(34-43)37-15-11-10-12-16-37)67-53-26-28-55-57(58(53)66-60(67)49-35-44(63(4,5)6)36-50(59(49)68)64(7,8)9)56-48-32-42(22-27-54(48)69-61(56)70-55)51-33-40(29-30-65-51)39-21-24-46-41(31-39)20-19-38-17-13-14-18-45(38)46;/h10-31,33-36,68H,1-9H3;/q-1;. The summed E-state index contributed by atoms with van der Waals surface area (Å²) >= 11 is 1.63. The number of aromatic nitrogens is 3. The molecule has 0 bridgehead atoms. The number of thiophene rings is 1. The van der Waals surface area contributed by atoms with Gasteiger partial charge >= 0.3 is 0 Å². The van der Waals surface area contributed by atoms with Crippen LogP contribution in [0.15, 0.2) is 162 Å². The van der Waals surface area contributed by atoms with E-state index in [1.54, 1.807) is 11.3 Å². The first-order valence-corrected chi connectivity index (χ1v) is 25.0. The number of hydrogen-bond acceptors (Lipinski definition) is 5. The third kappa shape index (κ3) is 7.88. The van der Waals surface area contributed by atoms with Crippen molar-refractivity contribution in [2.24, 2.45) is 0 Å². The summed E-state index contributed by atoms with van der Waals surface area (Å²) in [6.07, 6.45) is 1.89. The summed E-state index contributed by atoms with van der Waals surface area (Å²) in [7, 11) is 0. The molecule has 0 saturated carbocycles. The Morgan fingerprint density at radius 1 is 0.592 bits per heavy atom. The molecular weight excluding hydrogens is 1070 g/mol. The third-order valence-corrected chi connectivity index (χ3v) is 15.2. The van der Waals surface area contributed by atoms with Crippen LogP contribution in [-0.2, 0) is 37.3 Å². The largest absolute Gasteiger partial charge is 0.507 e. The Morgan fingerprint density at radius 2 is 1.31 bits per heavy atom. The van der Waals surface area contributed by atoms with Crippen LogP contribution in [0, 0.1) is 6.07 Å². The van der Waals surface area contributed by atoms with Crippen LogP contribution in [-0.4, -0.2) is 19.6 Å². The van der Waals surface area contributed by atoms with Crippen LogP contribution in [0.25, 0.3) is 115 Å². The van der Waals surface area contributed by atoms with Crippen molar-refractivity contribution in [1.82, 2.24) is 14.5 Å². The molecule has 71 heavy (non-hydrogen) atoms. The number of phenolic OH excluding ortho intramolecular Hbond substituents is 1. The number of furan rings is 1. The van der Waals surface area contributed by atoms with Crippen LogP contribution in [0.5, 0.6) is 5.75 Å². The summed E-state index contributed by atoms with van der Waals surface area (Å²) in [5.74, 6) is 0.923. The normalized spacial score (nSPS) is 12.5. The Balaban J connectivity index is 0.00000547. The molecule has 7 heteroatoms. The predicted molar refractivity (Wildman–Crippen MR) is 295 cm³/mol. The number of aromatic hydroxyl groups is 1. The topological polar surface area (TPSA) is 64.1 Å². The number of pyridine rings is 1. The first-order valence-electron chi connectivity index (χ1n) is 24.2. The van der Waals surface area contributed by atoms with Gasteiger partial charge in [-0.1, -0.05) is 176 Å². The summed E-state index contributed by atoms with van der Waals surface area (Å²) in [5.41, 5.74) is 13.0. The molecule has 4 aromatic heterocycles. The zero-order chi connectivity index (χ0) is 48.4. The molecule has 5 nitrogen and oxygen atoms in total. The summed E-state index contributed by atoms with van der Waals surface area (Å²) in [4.78, 5) is 11.4. The Hall–Kier alpha value is -6.85. The molecule has 0 spiro atoms. The average Bonchev–Trinajstić information content (AvgIpc) is 4.02. The molecule has 0 aliphatic heterocycles. The first kappa shape index (κ1) is 46.5. The molecular formula is C64H54N3O2PtS-. The van der Waals surface area contributed by atoms with E-state index in [0.717, 1.165) is 92.7 Å². The van der Waals surface area contributed by atoms with Crippen molar-refractivity contribution in [3.8, 4) is 56.3 Å². The number of imidazole rings is 1. The van der Waals surface area contributed by atoms with Gasteiger partial charge in [-0.3, -0.25) is 9.55 Å². The van der Waals surface area contributed by atoms with Gasteiger partial charge in [-0.2, -0.15) is 0 Å². The van der Waals surface area contributed by atoms with Crippen molar-refractivity contribution in [2.75, 3.05) is 0 Å². The molecule has 0 aliphatic carbocycles. The van der Waals surface area contributed by atoms with Gasteiger partial charge in [0.1, 0.15) is 16.5 Å². The van der Waals surface area contributed by atoms with Gasteiger partial charge in [0.05, 0.1) is 27.9 Å². The summed E-state index contributed by atoms with van der Waals surface area (Å²) in [6.45, 7) is 20.0. The van der Waals surface area contributed by atoms with Crippen molar-refractivity contribution in [2.45, 2.75) is 78.6 Å². The van der Waals surface area contributed by atoms with Gasteiger partial charge in [-0.05, 0) is 119 Å². The third-order valence-electron chi connectivity index (χ3n) is 14.1. The Labute approximate surface area is 433 Å². The van der Waals surface area contributed by atoms with Crippen molar-refractivity contribution >= 4 is 75.3 Å². The summed E-state index contributed by atoms with van der Waals surface area (Å²) in [6, 6.07) is 58.0. The van der Waals surface area contributed by atoms with E-state index in [1.807, 2.05) is 12.3 Å². The van der Waals surface area contributed by atoms with Crippen LogP contribution < -0.4 is 0 Å². The van der Waals surface area contributed by atoms with Crippen LogP contribution in [0.4, 0.5) is 0 Å². The fourth-order valence-electron chi connectivity index (χ4n) is 10.2. The molecule has 8 aromatic carbocycles. The monoisotopic (exact) mass is 1120 g/mol. The molecule has 0 unspecified atom stereocenters. The minimum absolute atomic E-state index is 0. The zero-order valence-corrected chi connectivity index (χ0v) is 44.5. The van der Waals surface area contributed by atoms with Crippen molar-refractivity contribution in [3.63, 3.8) is 0 Å². The van der Waals surface area contributed by atoms with E-state index in [9.17, 15) is 5.11 Å². The van der Waals surface area contributed by atoms with Gasteiger partial charge in [0, 0.05) is 48.8 Å². The number of phenols is 1. The molecule has 4 heterocycles. The maximum atomic E-state index is 12.6. The van der Waals surface area contributed by atoms with E-state index >= 15 is 0 Å². The Kier molecular flexibility index (Phi) is 11.1. The van der Waals surface area contributed by atoms with Crippen LogP contribution in [0.3, 0.4) is 0 Å². The van der Waals surface area contributed by atoms with Crippen molar-refractivity contribution in [3.05, 3.63) is 181 Å². The van der Waals surface area contributed by atoms with Gasteiger partial charge in [0.2, 0.25) is 0 Å². The number of nitrogens with zero attached hydrogens (tertiary/aromatic N) is 3. The average molecular weight is 1120 g/mol. The van der Waals surface area contributed by atoms with Gasteiger partial charge in [-0.15, -0.1) is 23.5 Å². The molecule has 12 rings (SSSR count). The van der Waals surface area contributed by atoms with Gasteiger partial charge < -0.3 is 9.52 Å². The molecule has 1 N–H and O–H groups in total. The van der Waals surface area contributed by atoms with Gasteiger partial charge in [0.15, 0.2) is 0 Å². The van der Waals surface area contributed by atoms with Crippen molar-refractivity contribution in [1.29, 1.82) is 0 Å². The zero-order valence-electron chi connectivity index (χ0n) is 41.4. The summed E-state index contributed by atoms with van der Waals surface area (Å²) in [5, 5.41) is 20.4. The van der Waals surface area contributed by atoms with E-state index in [1.165, 1.54) is 27.1 Å². The SMILES string of the molecule is CC(C)(C)c1ccc(-n2c(-c3cc(C(C)(C)C)cc(C(C)(C)C)c3O)nc3c4c(ccc32)sc2oc3ccc(-c5cc(-c6ccc7c(ccc8ccccc87)c6)ccn5)[c-]c3c24)c(-c2ccccc2)c1.[Pt]. The molecule has 354 valence electrons. The van der Waals surface area contributed by atoms with E-state index in [2.05, 4.69) is 219 Å². The smallest absolute Gasteiger partial charge is 0.149 e. The molecule has 0 saturated heterocycles. The minimum Gasteiger partial charge on any atom is -0.507 e. The quantitative estimate of drug-likeness (QED) is 0.138. The van der Waals surface area contributed by atoms with E-state index in [4.69, 9.17) is 14.4 Å². The molecule has 0 aliphatic rings. The second-order valence-electron chi connectivity index (χ2n) is 22.0. The fourth-order valence-corrected chi connectivity index (χ4v) is 11.3. The number of rotatable bonds is 5. The Bertz CT molecular complexity index is 4080. The second-order valence-corrected chi connectivity index (χ2v) is 23.0. The van der Waals surface area contributed by atoms with Crippen LogP contribution >= 0.6 is 11.3 Å². The van der Waals surface area contributed by atoms with Crippen LogP contribution in [0.2, 0.25) is 0 Å². The van der Waals surface area contributed by atoms with Gasteiger partial charge in [0.25, 0.3) is 0 Å². The number of hydrogen-bond donors (Lipinski definition) is 1. The number of fused-ring (bicyclic) bond motifs is 10. The Morgan fingerprint density at radius 3 is 2.08 bits per heavy atom. The maximum absolute atomic E-state index is 12.6. The van der Waals surface area contributed by atoms with E-state index in [0.29, 0.717) is 11.4 Å². The first-order chi connectivity index (χ1) is 33.5. The molecule has 0 fully saturated rings. The van der Waals surface area contributed by atoms with Crippen molar-refractivity contribution < 1.29 is 30.6 Å². The molecule has 0 atom stereocenters. The maximum Gasteiger partial charge on any atom is 0.149 e. The van der Waals surface area contributed by atoms with E-state index < -0.39 is 0 Å². The molecule has 12 aromatic rings. The second kappa shape index (κ2) is 16.9. The van der Waals surface area contributed by atoms with Crippen LogP contribution in [0.1, 0.15) is 79.0 Å². The molecule has 0 amide bonds. The fraction of sp³-hybridized carbons (Fsp3) is 0.188. The summed E-state index contributed by atoms with van der Waals surface area (Å²) < 4.78 is 10.0. The molecule has 0 radical (unpaired) electrons. The van der Waals surface area contributed by atoms with Gasteiger partial charge in [-0.25, -0.2) is 4.98 Å².